The van der Waals surface area contributed by atoms with Crippen LogP contribution in [0.2, 0.25) is 0 Å². The molecule has 2 aromatic rings. The first-order valence-corrected chi connectivity index (χ1v) is 6.13. The van der Waals surface area contributed by atoms with E-state index in [0.717, 1.165) is 11.3 Å². The summed E-state index contributed by atoms with van der Waals surface area (Å²) in [7, 11) is 1.68. The second kappa shape index (κ2) is 5.74. The minimum atomic E-state index is 0.265. The zero-order valence-electron chi connectivity index (χ0n) is 11.0. The van der Waals surface area contributed by atoms with Gasteiger partial charge in [0.05, 0.1) is 19.6 Å². The average Bonchev–Trinajstić information content (AvgIpc) is 2.92. The fourth-order valence-electron chi connectivity index (χ4n) is 1.98. The molecule has 0 spiro atoms. The molecule has 0 aliphatic carbocycles. The van der Waals surface area contributed by atoms with E-state index in [1.54, 1.807) is 19.6 Å². The van der Waals surface area contributed by atoms with Crippen molar-refractivity contribution in [3.05, 3.63) is 54.0 Å². The molecule has 96 valence electrons. The Kier molecular flexibility index (Phi) is 4.05. The van der Waals surface area contributed by atoms with Crippen LogP contribution in [0, 0.1) is 0 Å². The molecular formula is C15H19NO2. The van der Waals surface area contributed by atoms with Gasteiger partial charge < -0.3 is 14.5 Å². The van der Waals surface area contributed by atoms with Crippen LogP contribution in [-0.4, -0.2) is 7.11 Å². The van der Waals surface area contributed by atoms with Gasteiger partial charge in [-0.3, -0.25) is 0 Å². The normalized spacial score (nSPS) is 14.2. The van der Waals surface area contributed by atoms with Crippen LogP contribution in [0.4, 0.5) is 0 Å². The van der Waals surface area contributed by atoms with Gasteiger partial charge in [-0.1, -0.05) is 12.1 Å². The molecule has 18 heavy (non-hydrogen) atoms. The van der Waals surface area contributed by atoms with E-state index in [1.807, 2.05) is 18.2 Å². The van der Waals surface area contributed by atoms with E-state index in [-0.39, 0.29) is 12.1 Å². The van der Waals surface area contributed by atoms with Crippen molar-refractivity contribution in [2.45, 2.75) is 25.9 Å². The molecule has 0 aliphatic rings. The third-order valence-corrected chi connectivity index (χ3v) is 3.16. The lowest BCUT2D eigenvalue weighted by atomic mass is 10.1. The Balaban J connectivity index is 2.00. The Morgan fingerprint density at radius 2 is 1.67 bits per heavy atom. The van der Waals surface area contributed by atoms with E-state index in [1.165, 1.54) is 5.56 Å². The Bertz CT molecular complexity index is 462. The monoisotopic (exact) mass is 245 g/mol. The summed E-state index contributed by atoms with van der Waals surface area (Å²) >= 11 is 0. The summed E-state index contributed by atoms with van der Waals surface area (Å²) < 4.78 is 10.3. The summed E-state index contributed by atoms with van der Waals surface area (Å²) in [5.74, 6) is 0.883. The maximum absolute atomic E-state index is 5.16. The number of rotatable bonds is 5. The van der Waals surface area contributed by atoms with Gasteiger partial charge in [-0.05, 0) is 37.6 Å². The molecule has 1 N–H and O–H groups in total. The lowest BCUT2D eigenvalue weighted by molar-refractivity contribution is 0.414. The number of hydrogen-bond donors (Lipinski definition) is 1. The summed E-state index contributed by atoms with van der Waals surface area (Å²) in [4.78, 5) is 0. The van der Waals surface area contributed by atoms with Crippen LogP contribution in [0.15, 0.2) is 47.3 Å². The first kappa shape index (κ1) is 12.7. The van der Waals surface area contributed by atoms with Crippen molar-refractivity contribution >= 4 is 0 Å². The second-order valence-electron chi connectivity index (χ2n) is 4.44. The summed E-state index contributed by atoms with van der Waals surface area (Å²) in [5.41, 5.74) is 2.40. The number of methoxy groups -OCH3 is 1. The first-order chi connectivity index (χ1) is 8.70. The number of nitrogens with one attached hydrogen (secondary N) is 1. The third-order valence-electron chi connectivity index (χ3n) is 3.16. The minimum absolute atomic E-state index is 0.265. The number of hydrogen-bond acceptors (Lipinski definition) is 3. The highest BCUT2D eigenvalue weighted by Gasteiger charge is 2.11. The maximum Gasteiger partial charge on any atom is 0.118 e. The lowest BCUT2D eigenvalue weighted by Crippen LogP contribution is -2.22. The average molecular weight is 245 g/mol. The molecule has 2 atom stereocenters. The maximum atomic E-state index is 5.16. The highest BCUT2D eigenvalue weighted by atomic mass is 16.5. The Morgan fingerprint density at radius 1 is 1.00 bits per heavy atom. The van der Waals surface area contributed by atoms with E-state index >= 15 is 0 Å². The zero-order chi connectivity index (χ0) is 13.0. The Labute approximate surface area is 108 Å². The van der Waals surface area contributed by atoms with E-state index < -0.39 is 0 Å². The van der Waals surface area contributed by atoms with Gasteiger partial charge in [0.1, 0.15) is 5.75 Å². The second-order valence-corrected chi connectivity index (χ2v) is 4.44. The van der Waals surface area contributed by atoms with Crippen molar-refractivity contribution in [1.29, 1.82) is 0 Å². The summed E-state index contributed by atoms with van der Waals surface area (Å²) in [6.45, 7) is 4.28. The van der Waals surface area contributed by atoms with E-state index in [0.29, 0.717) is 0 Å². The molecule has 1 aromatic carbocycles. The number of benzene rings is 1. The van der Waals surface area contributed by atoms with Gasteiger partial charge in [0.15, 0.2) is 0 Å². The molecule has 1 heterocycles. The fraction of sp³-hybridized carbons (Fsp3) is 0.333. The van der Waals surface area contributed by atoms with Crippen molar-refractivity contribution in [2.24, 2.45) is 0 Å². The Morgan fingerprint density at radius 3 is 2.22 bits per heavy atom. The SMILES string of the molecule is COc1ccc(C(C)NC(C)c2ccoc2)cc1. The highest BCUT2D eigenvalue weighted by molar-refractivity contribution is 5.29. The van der Waals surface area contributed by atoms with Crippen molar-refractivity contribution in [3.63, 3.8) is 0 Å². The van der Waals surface area contributed by atoms with E-state index in [2.05, 4.69) is 31.3 Å². The molecular weight excluding hydrogens is 226 g/mol. The molecule has 0 fully saturated rings. The van der Waals surface area contributed by atoms with Crippen LogP contribution in [0.5, 0.6) is 5.75 Å². The topological polar surface area (TPSA) is 34.4 Å². The van der Waals surface area contributed by atoms with Gasteiger partial charge in [0.25, 0.3) is 0 Å². The summed E-state index contributed by atoms with van der Waals surface area (Å²) in [5, 5.41) is 3.54. The van der Waals surface area contributed by atoms with Crippen LogP contribution in [0.1, 0.15) is 37.1 Å². The molecule has 0 radical (unpaired) electrons. The van der Waals surface area contributed by atoms with Gasteiger partial charge >= 0.3 is 0 Å². The van der Waals surface area contributed by atoms with Gasteiger partial charge in [0, 0.05) is 17.6 Å². The zero-order valence-corrected chi connectivity index (χ0v) is 11.0. The molecule has 0 bridgehead atoms. The predicted octanol–water partition coefficient (Wildman–Crippen LogP) is 3.70. The van der Waals surface area contributed by atoms with Gasteiger partial charge in [0.2, 0.25) is 0 Å². The minimum Gasteiger partial charge on any atom is -0.497 e. The number of ether oxygens (including phenoxy) is 1. The van der Waals surface area contributed by atoms with Crippen molar-refractivity contribution < 1.29 is 9.15 Å². The van der Waals surface area contributed by atoms with Crippen LogP contribution in [-0.2, 0) is 0 Å². The molecule has 0 saturated carbocycles. The van der Waals surface area contributed by atoms with Crippen molar-refractivity contribution in [3.8, 4) is 5.75 Å². The highest BCUT2D eigenvalue weighted by Crippen LogP contribution is 2.21. The first-order valence-electron chi connectivity index (χ1n) is 6.13. The molecule has 1 aromatic heterocycles. The molecule has 3 nitrogen and oxygen atoms in total. The quantitative estimate of drug-likeness (QED) is 0.872. The third kappa shape index (κ3) is 2.93. The standard InChI is InChI=1S/C15H19NO2/c1-11(13-4-6-15(17-3)7-5-13)16-12(2)14-8-9-18-10-14/h4-12,16H,1-3H3. The van der Waals surface area contributed by atoms with Crippen LogP contribution in [0.3, 0.4) is 0 Å². The van der Waals surface area contributed by atoms with Crippen molar-refractivity contribution in [2.75, 3.05) is 7.11 Å². The molecule has 0 aliphatic heterocycles. The van der Waals surface area contributed by atoms with Crippen LogP contribution >= 0.6 is 0 Å². The van der Waals surface area contributed by atoms with E-state index in [4.69, 9.17) is 9.15 Å². The van der Waals surface area contributed by atoms with Gasteiger partial charge in [-0.25, -0.2) is 0 Å². The van der Waals surface area contributed by atoms with Crippen molar-refractivity contribution in [1.82, 2.24) is 5.32 Å². The van der Waals surface area contributed by atoms with E-state index in [9.17, 15) is 0 Å². The van der Waals surface area contributed by atoms with Gasteiger partial charge in [-0.2, -0.15) is 0 Å². The molecule has 2 rings (SSSR count). The van der Waals surface area contributed by atoms with Crippen LogP contribution < -0.4 is 10.1 Å². The largest absolute Gasteiger partial charge is 0.497 e. The predicted molar refractivity (Wildman–Crippen MR) is 71.7 cm³/mol. The molecule has 3 heteroatoms. The fourth-order valence-corrected chi connectivity index (χ4v) is 1.98. The molecule has 2 unspecified atom stereocenters. The Hall–Kier alpha value is -1.74. The summed E-state index contributed by atoms with van der Waals surface area (Å²) in [6.07, 6.45) is 3.48. The number of furan rings is 1. The smallest absolute Gasteiger partial charge is 0.118 e. The van der Waals surface area contributed by atoms with Gasteiger partial charge in [-0.15, -0.1) is 0 Å². The van der Waals surface area contributed by atoms with Crippen LogP contribution in [0.25, 0.3) is 0 Å². The molecule has 0 saturated heterocycles. The lowest BCUT2D eigenvalue weighted by Gasteiger charge is -2.19. The molecule has 0 amide bonds. The summed E-state index contributed by atoms with van der Waals surface area (Å²) in [6, 6.07) is 10.7.